The zero-order valence-corrected chi connectivity index (χ0v) is 13.9. The van der Waals surface area contributed by atoms with Crippen LogP contribution in [0.15, 0.2) is 48.7 Å². The van der Waals surface area contributed by atoms with Crippen LogP contribution in [-0.2, 0) is 10.0 Å². The molecule has 124 valence electrons. The van der Waals surface area contributed by atoms with E-state index in [1.165, 1.54) is 6.20 Å². The molecule has 0 amide bonds. The van der Waals surface area contributed by atoms with Gasteiger partial charge in [-0.05, 0) is 37.1 Å². The lowest BCUT2D eigenvalue weighted by Crippen LogP contribution is -2.44. The third kappa shape index (κ3) is 3.66. The van der Waals surface area contributed by atoms with Gasteiger partial charge in [-0.2, -0.15) is 5.26 Å². The number of piperidine rings is 1. The largest absolute Gasteiger partial charge is 0.355 e. The fraction of sp³-hybridized carbons (Fsp3) is 0.294. The predicted molar refractivity (Wildman–Crippen MR) is 93.2 cm³/mol. The van der Waals surface area contributed by atoms with Crippen LogP contribution in [0.1, 0.15) is 18.4 Å². The number of para-hydroxylation sites is 1. The summed E-state index contributed by atoms with van der Waals surface area (Å²) in [6, 6.07) is 14.4. The first kappa shape index (κ1) is 16.3. The monoisotopic (exact) mass is 342 g/mol. The maximum Gasteiger partial charge on any atom is 0.237 e. The summed E-state index contributed by atoms with van der Waals surface area (Å²) in [7, 11) is -3.46. The highest BCUT2D eigenvalue weighted by Crippen LogP contribution is 2.23. The molecule has 1 aromatic carbocycles. The second-order valence-corrected chi connectivity index (χ2v) is 7.70. The van der Waals surface area contributed by atoms with E-state index in [4.69, 9.17) is 5.26 Å². The van der Waals surface area contributed by atoms with Crippen molar-refractivity contribution in [3.05, 3.63) is 54.2 Å². The number of nitrogens with one attached hydrogen (secondary N) is 1. The Labute approximate surface area is 141 Å². The minimum Gasteiger partial charge on any atom is -0.355 e. The molecular formula is C17H18N4O2S. The van der Waals surface area contributed by atoms with Crippen molar-refractivity contribution < 1.29 is 8.42 Å². The zero-order valence-electron chi connectivity index (χ0n) is 13.1. The summed E-state index contributed by atoms with van der Waals surface area (Å²) in [6.45, 7) is 1.15. The first-order valence-electron chi connectivity index (χ1n) is 7.76. The summed E-state index contributed by atoms with van der Waals surface area (Å²) in [5, 5.41) is 8.34. The number of anilines is 2. The van der Waals surface area contributed by atoms with Crippen LogP contribution >= 0.6 is 0 Å². The molecule has 2 heterocycles. The highest BCUT2D eigenvalue weighted by atomic mass is 32.2. The minimum absolute atomic E-state index is 0.390. The van der Waals surface area contributed by atoms with E-state index in [0.29, 0.717) is 30.0 Å². The number of aromatic nitrogens is 1. The van der Waals surface area contributed by atoms with E-state index in [-0.39, 0.29) is 0 Å². The first-order chi connectivity index (χ1) is 11.6. The van der Waals surface area contributed by atoms with Crippen LogP contribution in [0.3, 0.4) is 0 Å². The Kier molecular flexibility index (Phi) is 4.67. The second-order valence-electron chi connectivity index (χ2n) is 5.74. The van der Waals surface area contributed by atoms with Gasteiger partial charge in [0, 0.05) is 25.0 Å². The molecule has 2 aromatic rings. The Morgan fingerprint density at radius 3 is 2.67 bits per heavy atom. The van der Waals surface area contributed by atoms with Gasteiger partial charge < -0.3 is 4.90 Å². The van der Waals surface area contributed by atoms with Crippen molar-refractivity contribution in [2.45, 2.75) is 18.1 Å². The van der Waals surface area contributed by atoms with Crippen LogP contribution in [-0.4, -0.2) is 31.7 Å². The molecule has 0 aliphatic carbocycles. The molecule has 6 nitrogen and oxygen atoms in total. The van der Waals surface area contributed by atoms with Gasteiger partial charge in [0.2, 0.25) is 10.0 Å². The third-order valence-corrected chi connectivity index (χ3v) is 5.83. The maximum atomic E-state index is 12.6. The van der Waals surface area contributed by atoms with Crippen LogP contribution in [0.2, 0.25) is 0 Å². The molecule has 1 fully saturated rings. The van der Waals surface area contributed by atoms with Gasteiger partial charge >= 0.3 is 0 Å². The molecule has 24 heavy (non-hydrogen) atoms. The summed E-state index contributed by atoms with van der Waals surface area (Å²) in [5.41, 5.74) is 1.07. The number of benzene rings is 1. The van der Waals surface area contributed by atoms with E-state index in [2.05, 4.69) is 9.71 Å². The first-order valence-corrected chi connectivity index (χ1v) is 9.31. The molecule has 0 radical (unpaired) electrons. The van der Waals surface area contributed by atoms with Gasteiger partial charge in [-0.15, -0.1) is 0 Å². The average Bonchev–Trinajstić information content (AvgIpc) is 2.62. The van der Waals surface area contributed by atoms with E-state index >= 15 is 0 Å². The quantitative estimate of drug-likeness (QED) is 0.922. The summed E-state index contributed by atoms with van der Waals surface area (Å²) >= 11 is 0. The summed E-state index contributed by atoms with van der Waals surface area (Å²) in [5.74, 6) is 0.702. The number of rotatable bonds is 4. The Morgan fingerprint density at radius 1 is 1.21 bits per heavy atom. The third-order valence-electron chi connectivity index (χ3n) is 4.05. The zero-order chi connectivity index (χ0) is 17.0. The second kappa shape index (κ2) is 6.89. The van der Waals surface area contributed by atoms with Crippen molar-refractivity contribution in [3.63, 3.8) is 0 Å². The number of nitriles is 1. The Hall–Kier alpha value is -2.59. The van der Waals surface area contributed by atoms with E-state index in [0.717, 1.165) is 13.0 Å². The van der Waals surface area contributed by atoms with Gasteiger partial charge in [0.15, 0.2) is 0 Å². The van der Waals surface area contributed by atoms with Gasteiger partial charge in [0.05, 0.1) is 10.8 Å². The molecule has 3 rings (SSSR count). The van der Waals surface area contributed by atoms with Crippen LogP contribution in [0.5, 0.6) is 0 Å². The molecule has 1 atom stereocenters. The summed E-state index contributed by atoms with van der Waals surface area (Å²) < 4.78 is 27.9. The highest BCUT2D eigenvalue weighted by Gasteiger charge is 2.31. The normalized spacial score (nSPS) is 18.0. The summed E-state index contributed by atoms with van der Waals surface area (Å²) in [4.78, 5) is 6.22. The lowest BCUT2D eigenvalue weighted by atomic mass is 10.1. The fourth-order valence-corrected chi connectivity index (χ4v) is 4.28. The van der Waals surface area contributed by atoms with Gasteiger partial charge in [-0.3, -0.25) is 4.72 Å². The van der Waals surface area contributed by atoms with Crippen LogP contribution in [0.4, 0.5) is 11.5 Å². The van der Waals surface area contributed by atoms with E-state index in [1.54, 1.807) is 36.4 Å². The summed E-state index contributed by atoms with van der Waals surface area (Å²) in [6.07, 6.45) is 2.91. The van der Waals surface area contributed by atoms with Crippen molar-refractivity contribution in [2.24, 2.45) is 0 Å². The molecule has 0 saturated carbocycles. The predicted octanol–water partition coefficient (Wildman–Crippen LogP) is 2.36. The van der Waals surface area contributed by atoms with Gasteiger partial charge in [0.25, 0.3) is 0 Å². The molecule has 7 heteroatoms. The molecule has 1 N–H and O–H groups in total. The van der Waals surface area contributed by atoms with E-state index < -0.39 is 15.3 Å². The number of nitrogens with zero attached hydrogens (tertiary/aromatic N) is 3. The van der Waals surface area contributed by atoms with Crippen molar-refractivity contribution in [1.29, 1.82) is 5.26 Å². The number of sulfonamides is 1. The molecule has 0 unspecified atom stereocenters. The average molecular weight is 342 g/mol. The smallest absolute Gasteiger partial charge is 0.237 e. The molecule has 0 bridgehead atoms. The Bertz CT molecular complexity index is 829. The molecule has 1 aliphatic rings. The topological polar surface area (TPSA) is 86.1 Å². The Morgan fingerprint density at radius 2 is 2.00 bits per heavy atom. The van der Waals surface area contributed by atoms with E-state index in [9.17, 15) is 8.42 Å². The fourth-order valence-electron chi connectivity index (χ4n) is 2.79. The standard InChI is InChI=1S/C17H18N4O2S/c18-11-14-8-9-17(19-12-14)21-10-4-7-16(13-21)24(22,23)20-15-5-2-1-3-6-15/h1-3,5-6,8-9,12,16,20H,4,7,10,13H2/t16-/m1/s1. The van der Waals surface area contributed by atoms with E-state index in [1.807, 2.05) is 17.0 Å². The SMILES string of the molecule is N#Cc1ccc(N2CCC[C@@H](S(=O)(=O)Nc3ccccc3)C2)nc1. The number of hydrogen-bond donors (Lipinski definition) is 1. The number of pyridine rings is 1. The highest BCUT2D eigenvalue weighted by molar-refractivity contribution is 7.93. The van der Waals surface area contributed by atoms with Crippen LogP contribution in [0.25, 0.3) is 0 Å². The number of hydrogen-bond acceptors (Lipinski definition) is 5. The Balaban J connectivity index is 1.73. The minimum atomic E-state index is -3.46. The van der Waals surface area contributed by atoms with Crippen molar-refractivity contribution >= 4 is 21.5 Å². The lowest BCUT2D eigenvalue weighted by Gasteiger charge is -2.33. The van der Waals surface area contributed by atoms with Crippen LogP contribution in [0, 0.1) is 11.3 Å². The van der Waals surface area contributed by atoms with Gasteiger partial charge in [-0.1, -0.05) is 18.2 Å². The van der Waals surface area contributed by atoms with Crippen molar-refractivity contribution in [3.8, 4) is 6.07 Å². The molecule has 1 saturated heterocycles. The van der Waals surface area contributed by atoms with Crippen molar-refractivity contribution in [2.75, 3.05) is 22.7 Å². The lowest BCUT2D eigenvalue weighted by molar-refractivity contribution is 0.533. The molecular weight excluding hydrogens is 324 g/mol. The van der Waals surface area contributed by atoms with Crippen molar-refractivity contribution in [1.82, 2.24) is 4.98 Å². The maximum absolute atomic E-state index is 12.6. The molecule has 1 aliphatic heterocycles. The van der Waals surface area contributed by atoms with Crippen LogP contribution < -0.4 is 9.62 Å². The molecule has 1 aromatic heterocycles. The van der Waals surface area contributed by atoms with Gasteiger partial charge in [0.1, 0.15) is 11.9 Å². The van der Waals surface area contributed by atoms with Gasteiger partial charge in [-0.25, -0.2) is 13.4 Å². The molecule has 0 spiro atoms.